The third kappa shape index (κ3) is 3.75. The molecular weight excluding hydrogens is 386 g/mol. The molecule has 2 aliphatic heterocycles. The van der Waals surface area contributed by atoms with Gasteiger partial charge < -0.3 is 8.98 Å². The van der Waals surface area contributed by atoms with Gasteiger partial charge in [0, 0.05) is 39.3 Å². The minimum absolute atomic E-state index is 0.185. The number of furan rings is 1. The predicted molar refractivity (Wildman–Crippen MR) is 105 cm³/mol. The molecule has 1 unspecified atom stereocenters. The highest BCUT2D eigenvalue weighted by atomic mass is 32.2. The summed E-state index contributed by atoms with van der Waals surface area (Å²) in [5, 5.41) is 4.70. The number of piperazine rings is 1. The highest BCUT2D eigenvalue weighted by molar-refractivity contribution is 7.91. The molecule has 0 aliphatic carbocycles. The predicted octanol–water partition coefficient (Wildman–Crippen LogP) is 1.28. The summed E-state index contributed by atoms with van der Waals surface area (Å²) in [6, 6.07) is 2.09. The van der Waals surface area contributed by atoms with Gasteiger partial charge in [-0.05, 0) is 31.6 Å². The van der Waals surface area contributed by atoms with Crippen molar-refractivity contribution in [2.75, 3.05) is 37.7 Å². The Balaban J connectivity index is 1.41. The van der Waals surface area contributed by atoms with Gasteiger partial charge in [-0.1, -0.05) is 0 Å². The van der Waals surface area contributed by atoms with Gasteiger partial charge in [0.1, 0.15) is 5.76 Å². The summed E-state index contributed by atoms with van der Waals surface area (Å²) in [7, 11) is -0.910. The van der Waals surface area contributed by atoms with Crippen LogP contribution in [-0.4, -0.2) is 76.3 Å². The normalized spacial score (nSPS) is 23.9. The Hall–Kier alpha value is -1.49. The zero-order valence-electron chi connectivity index (χ0n) is 15.7. The summed E-state index contributed by atoms with van der Waals surface area (Å²) >= 11 is 5.56. The van der Waals surface area contributed by atoms with Gasteiger partial charge in [0.15, 0.2) is 20.4 Å². The molecule has 10 heteroatoms. The Morgan fingerprint density at radius 2 is 2.04 bits per heavy atom. The third-order valence-corrected chi connectivity index (χ3v) is 7.84. The van der Waals surface area contributed by atoms with E-state index in [0.29, 0.717) is 22.9 Å². The van der Waals surface area contributed by atoms with Crippen LogP contribution in [0.25, 0.3) is 11.4 Å². The van der Waals surface area contributed by atoms with Crippen LogP contribution in [0.5, 0.6) is 0 Å². The van der Waals surface area contributed by atoms with E-state index in [0.717, 1.165) is 49.7 Å². The highest BCUT2D eigenvalue weighted by Crippen LogP contribution is 2.23. The van der Waals surface area contributed by atoms with Crippen LogP contribution in [0, 0.1) is 11.7 Å². The minimum atomic E-state index is -2.83. The molecule has 4 rings (SSSR count). The first-order valence-corrected chi connectivity index (χ1v) is 11.4. The summed E-state index contributed by atoms with van der Waals surface area (Å²) in [4.78, 5) is 4.63. The lowest BCUT2D eigenvalue weighted by Gasteiger charge is -2.37. The standard InChI is InChI=1S/C17H25N5O3S2/c1-13-15(3-9-25-13)16-18-22(17(26)19(16)2)12-20-5-7-21(8-6-20)14-4-10-27(23,24)11-14/h3,9,14H,4-8,10-12H2,1-2H3. The number of hydrogen-bond acceptors (Lipinski definition) is 7. The van der Waals surface area contributed by atoms with Gasteiger partial charge in [0.2, 0.25) is 0 Å². The smallest absolute Gasteiger partial charge is 0.199 e. The molecule has 0 N–H and O–H groups in total. The second-order valence-electron chi connectivity index (χ2n) is 7.41. The lowest BCUT2D eigenvalue weighted by Crippen LogP contribution is -2.50. The van der Waals surface area contributed by atoms with Crippen LogP contribution in [-0.2, 0) is 23.6 Å². The molecule has 2 aliphatic rings. The molecule has 4 heterocycles. The van der Waals surface area contributed by atoms with Crippen LogP contribution in [0.1, 0.15) is 12.2 Å². The molecule has 2 fully saturated rings. The fourth-order valence-corrected chi connectivity index (χ4v) is 5.90. The van der Waals surface area contributed by atoms with Gasteiger partial charge in [-0.15, -0.1) is 0 Å². The summed E-state index contributed by atoms with van der Waals surface area (Å²) in [5.74, 6) is 2.27. The average molecular weight is 412 g/mol. The maximum absolute atomic E-state index is 11.7. The maximum atomic E-state index is 11.7. The Morgan fingerprint density at radius 3 is 2.63 bits per heavy atom. The molecule has 0 amide bonds. The summed E-state index contributed by atoms with van der Waals surface area (Å²) < 4.78 is 33.3. The fourth-order valence-electron chi connectivity index (χ4n) is 3.95. The molecule has 2 aromatic rings. The quantitative estimate of drug-likeness (QED) is 0.702. The van der Waals surface area contributed by atoms with Crippen molar-refractivity contribution in [2.24, 2.45) is 7.05 Å². The molecule has 0 spiro atoms. The van der Waals surface area contributed by atoms with Gasteiger partial charge in [0.05, 0.1) is 30.0 Å². The van der Waals surface area contributed by atoms with Crippen molar-refractivity contribution in [3.05, 3.63) is 22.9 Å². The van der Waals surface area contributed by atoms with Crippen molar-refractivity contribution >= 4 is 22.1 Å². The topological polar surface area (TPSA) is 76.5 Å². The Kier molecular flexibility index (Phi) is 5.00. The van der Waals surface area contributed by atoms with Crippen molar-refractivity contribution < 1.29 is 12.8 Å². The van der Waals surface area contributed by atoms with E-state index >= 15 is 0 Å². The van der Waals surface area contributed by atoms with Gasteiger partial charge in [-0.25, -0.2) is 13.1 Å². The minimum Gasteiger partial charge on any atom is -0.469 e. The monoisotopic (exact) mass is 411 g/mol. The zero-order valence-corrected chi connectivity index (χ0v) is 17.3. The van der Waals surface area contributed by atoms with E-state index in [1.54, 1.807) is 6.26 Å². The maximum Gasteiger partial charge on any atom is 0.199 e. The first kappa shape index (κ1) is 18.9. The third-order valence-electron chi connectivity index (χ3n) is 5.61. The van der Waals surface area contributed by atoms with Crippen molar-refractivity contribution in [2.45, 2.75) is 26.1 Å². The Morgan fingerprint density at radius 1 is 1.30 bits per heavy atom. The zero-order chi connectivity index (χ0) is 19.2. The first-order valence-electron chi connectivity index (χ1n) is 9.19. The molecule has 2 saturated heterocycles. The van der Waals surface area contributed by atoms with Crippen molar-refractivity contribution in [3.8, 4) is 11.4 Å². The Bertz CT molecular complexity index is 983. The van der Waals surface area contributed by atoms with E-state index in [1.807, 2.05) is 29.3 Å². The van der Waals surface area contributed by atoms with E-state index in [-0.39, 0.29) is 6.04 Å². The average Bonchev–Trinajstić information content (AvgIpc) is 3.29. The molecule has 0 aromatic carbocycles. The largest absolute Gasteiger partial charge is 0.469 e. The van der Waals surface area contributed by atoms with Gasteiger partial charge in [0.25, 0.3) is 0 Å². The van der Waals surface area contributed by atoms with Gasteiger partial charge in [-0.3, -0.25) is 9.80 Å². The Labute approximate surface area is 164 Å². The van der Waals surface area contributed by atoms with E-state index in [2.05, 4.69) is 9.80 Å². The molecule has 0 bridgehead atoms. The van der Waals surface area contributed by atoms with Crippen molar-refractivity contribution in [3.63, 3.8) is 0 Å². The van der Waals surface area contributed by atoms with Gasteiger partial charge in [-0.2, -0.15) is 5.10 Å². The number of aryl methyl sites for hydroxylation is 1. The first-order chi connectivity index (χ1) is 12.8. The summed E-state index contributed by atoms with van der Waals surface area (Å²) in [6.45, 7) is 6.09. The van der Waals surface area contributed by atoms with E-state index in [4.69, 9.17) is 21.7 Å². The number of hydrogen-bond donors (Lipinski definition) is 0. The number of rotatable bonds is 4. The number of aromatic nitrogens is 3. The number of sulfone groups is 1. The van der Waals surface area contributed by atoms with Crippen LogP contribution in [0.3, 0.4) is 0 Å². The van der Waals surface area contributed by atoms with Crippen LogP contribution in [0.4, 0.5) is 0 Å². The van der Waals surface area contributed by atoms with Crippen LogP contribution >= 0.6 is 12.2 Å². The molecule has 1 atom stereocenters. The summed E-state index contributed by atoms with van der Waals surface area (Å²) in [6.07, 6.45) is 2.43. The number of nitrogens with zero attached hydrogens (tertiary/aromatic N) is 5. The molecule has 148 valence electrons. The van der Waals surface area contributed by atoms with Gasteiger partial charge >= 0.3 is 0 Å². The summed E-state index contributed by atoms with van der Waals surface area (Å²) in [5.41, 5.74) is 0.953. The highest BCUT2D eigenvalue weighted by Gasteiger charge is 2.33. The fraction of sp³-hybridized carbons (Fsp3) is 0.647. The molecule has 27 heavy (non-hydrogen) atoms. The van der Waals surface area contributed by atoms with Crippen molar-refractivity contribution in [1.29, 1.82) is 0 Å². The van der Waals surface area contributed by atoms with Crippen molar-refractivity contribution in [1.82, 2.24) is 24.1 Å². The molecular formula is C17H25N5O3S2. The van der Waals surface area contributed by atoms with E-state index in [1.165, 1.54) is 0 Å². The second kappa shape index (κ2) is 7.16. The lowest BCUT2D eigenvalue weighted by atomic mass is 10.2. The van der Waals surface area contributed by atoms with Crippen LogP contribution in [0.2, 0.25) is 0 Å². The van der Waals surface area contributed by atoms with E-state index in [9.17, 15) is 8.42 Å². The molecule has 8 nitrogen and oxygen atoms in total. The van der Waals surface area contributed by atoms with E-state index < -0.39 is 9.84 Å². The van der Waals surface area contributed by atoms with Crippen LogP contribution in [0.15, 0.2) is 16.7 Å². The molecule has 0 saturated carbocycles. The molecule has 2 aromatic heterocycles. The lowest BCUT2D eigenvalue weighted by molar-refractivity contribution is 0.0808. The second-order valence-corrected chi connectivity index (χ2v) is 10.0. The molecule has 0 radical (unpaired) electrons. The van der Waals surface area contributed by atoms with Crippen LogP contribution < -0.4 is 0 Å². The SMILES string of the molecule is Cc1occc1-c1nn(CN2CCN(C3CCS(=O)(=O)C3)CC2)c(=S)n1C.